The summed E-state index contributed by atoms with van der Waals surface area (Å²) in [7, 11) is 0. The van der Waals surface area contributed by atoms with Crippen LogP contribution in [0.5, 0.6) is 0 Å². The second kappa shape index (κ2) is 7.84. The molecule has 2 unspecified atom stereocenters. The van der Waals surface area contributed by atoms with Gasteiger partial charge in [0.15, 0.2) is 0 Å². The van der Waals surface area contributed by atoms with Crippen molar-refractivity contribution < 1.29 is 13.9 Å². The van der Waals surface area contributed by atoms with Crippen LogP contribution in [-0.4, -0.2) is 40.7 Å². The summed E-state index contributed by atoms with van der Waals surface area (Å²) in [4.78, 5) is 15.2. The van der Waals surface area contributed by atoms with Crippen LogP contribution in [-0.2, 0) is 4.74 Å². The van der Waals surface area contributed by atoms with E-state index in [1.54, 1.807) is 18.2 Å². The van der Waals surface area contributed by atoms with Gasteiger partial charge in [0.1, 0.15) is 5.82 Å². The van der Waals surface area contributed by atoms with Crippen LogP contribution < -0.4 is 0 Å². The van der Waals surface area contributed by atoms with Gasteiger partial charge in [-0.2, -0.15) is 0 Å². The van der Waals surface area contributed by atoms with Crippen molar-refractivity contribution in [3.63, 3.8) is 0 Å². The van der Waals surface area contributed by atoms with Crippen LogP contribution in [0.4, 0.5) is 4.39 Å². The van der Waals surface area contributed by atoms with Gasteiger partial charge >= 0.3 is 0 Å². The summed E-state index contributed by atoms with van der Waals surface area (Å²) in [5.41, 5.74) is 3.48. The zero-order chi connectivity index (χ0) is 20.5. The largest absolute Gasteiger partial charge is 0.372 e. The Morgan fingerprint density at radius 3 is 2.28 bits per heavy atom. The molecular weight excluding hydrogens is 367 g/mol. The third-order valence-electron chi connectivity index (χ3n) is 5.35. The molecule has 0 saturated carbocycles. The minimum atomic E-state index is -0.323. The number of carbonyl (C=O) groups is 1. The average Bonchev–Trinajstić information content (AvgIpc) is 3.05. The number of rotatable bonds is 3. The first kappa shape index (κ1) is 19.4. The Hall–Kier alpha value is -2.92. The summed E-state index contributed by atoms with van der Waals surface area (Å²) >= 11 is 0. The minimum absolute atomic E-state index is 0.00902. The maximum Gasteiger partial charge on any atom is 0.255 e. The monoisotopic (exact) mass is 392 g/mol. The molecule has 1 fully saturated rings. The maximum atomic E-state index is 14.7. The standard InChI is InChI=1S/C24H25FN2O2/c1-16-14-26(15-17(2)29-16)24(28)20-13-23(19-9-5-4-6-10-19)27(18(20)3)22-12-8-7-11-21(22)25/h4-13,16-17H,14-15H2,1-3H3. The summed E-state index contributed by atoms with van der Waals surface area (Å²) in [6.07, 6.45) is -0.0180. The fourth-order valence-electron chi connectivity index (χ4n) is 4.10. The van der Waals surface area contributed by atoms with Crippen molar-refractivity contribution in [3.05, 3.63) is 77.7 Å². The molecular formula is C24H25FN2O2. The third kappa shape index (κ3) is 3.70. The number of aromatic nitrogens is 1. The molecule has 1 aliphatic heterocycles. The highest BCUT2D eigenvalue weighted by Crippen LogP contribution is 2.31. The van der Waals surface area contributed by atoms with Crippen molar-refractivity contribution in [1.82, 2.24) is 9.47 Å². The Balaban J connectivity index is 1.84. The van der Waals surface area contributed by atoms with Crippen molar-refractivity contribution in [3.8, 4) is 16.9 Å². The number of hydrogen-bond acceptors (Lipinski definition) is 2. The van der Waals surface area contributed by atoms with E-state index in [9.17, 15) is 9.18 Å². The predicted molar refractivity (Wildman–Crippen MR) is 112 cm³/mol. The number of nitrogens with zero attached hydrogens (tertiary/aromatic N) is 2. The van der Waals surface area contributed by atoms with Gasteiger partial charge in [0.25, 0.3) is 5.91 Å². The van der Waals surface area contributed by atoms with Crippen molar-refractivity contribution in [2.75, 3.05) is 13.1 Å². The van der Waals surface area contributed by atoms with E-state index in [1.165, 1.54) is 6.07 Å². The lowest BCUT2D eigenvalue weighted by molar-refractivity contribution is -0.0586. The molecule has 2 atom stereocenters. The van der Waals surface area contributed by atoms with E-state index in [1.807, 2.05) is 66.6 Å². The first-order valence-electron chi connectivity index (χ1n) is 9.93. The smallest absolute Gasteiger partial charge is 0.255 e. The topological polar surface area (TPSA) is 34.5 Å². The molecule has 3 aromatic rings. The first-order chi connectivity index (χ1) is 14.0. The van der Waals surface area contributed by atoms with E-state index in [0.29, 0.717) is 24.3 Å². The van der Waals surface area contributed by atoms with E-state index in [2.05, 4.69) is 0 Å². The lowest BCUT2D eigenvalue weighted by Crippen LogP contribution is -2.48. The first-order valence-corrected chi connectivity index (χ1v) is 9.93. The molecule has 0 bridgehead atoms. The molecule has 1 aliphatic rings. The average molecular weight is 392 g/mol. The molecule has 5 heteroatoms. The van der Waals surface area contributed by atoms with Gasteiger partial charge in [0.2, 0.25) is 0 Å². The van der Waals surface area contributed by atoms with E-state index in [0.717, 1.165) is 17.0 Å². The van der Waals surface area contributed by atoms with Gasteiger partial charge in [-0.05, 0) is 44.5 Å². The lowest BCUT2D eigenvalue weighted by Gasteiger charge is -2.35. The molecule has 4 rings (SSSR count). The molecule has 1 amide bonds. The number of benzene rings is 2. The second-order valence-electron chi connectivity index (χ2n) is 7.65. The van der Waals surface area contributed by atoms with E-state index < -0.39 is 0 Å². The quantitative estimate of drug-likeness (QED) is 0.639. The Labute approximate surface area is 170 Å². The fourth-order valence-corrected chi connectivity index (χ4v) is 4.10. The lowest BCUT2D eigenvalue weighted by atomic mass is 10.1. The van der Waals surface area contributed by atoms with Crippen LogP contribution in [0, 0.1) is 12.7 Å². The number of halogens is 1. The predicted octanol–water partition coefficient (Wildman–Crippen LogP) is 4.84. The molecule has 29 heavy (non-hydrogen) atoms. The number of morpholine rings is 1. The Kier molecular flexibility index (Phi) is 5.24. The van der Waals surface area contributed by atoms with Gasteiger partial charge in [-0.25, -0.2) is 4.39 Å². The molecule has 2 aromatic carbocycles. The number of amides is 1. The molecule has 150 valence electrons. The van der Waals surface area contributed by atoms with Gasteiger partial charge in [0, 0.05) is 18.8 Å². The Morgan fingerprint density at radius 1 is 1.00 bits per heavy atom. The van der Waals surface area contributed by atoms with Crippen molar-refractivity contribution in [2.24, 2.45) is 0 Å². The zero-order valence-corrected chi connectivity index (χ0v) is 16.9. The van der Waals surface area contributed by atoms with Gasteiger partial charge < -0.3 is 14.2 Å². The Morgan fingerprint density at radius 2 is 1.62 bits per heavy atom. The molecule has 2 heterocycles. The summed E-state index contributed by atoms with van der Waals surface area (Å²) in [5, 5.41) is 0. The van der Waals surface area contributed by atoms with E-state index in [4.69, 9.17) is 4.74 Å². The minimum Gasteiger partial charge on any atom is -0.372 e. The number of ether oxygens (including phenoxy) is 1. The van der Waals surface area contributed by atoms with Crippen LogP contribution in [0.15, 0.2) is 60.7 Å². The maximum absolute atomic E-state index is 14.7. The molecule has 1 saturated heterocycles. The van der Waals surface area contributed by atoms with Crippen LogP contribution >= 0.6 is 0 Å². The molecule has 1 aromatic heterocycles. The highest BCUT2D eigenvalue weighted by atomic mass is 19.1. The summed E-state index contributed by atoms with van der Waals surface area (Å²) in [6.45, 7) is 6.92. The third-order valence-corrected chi connectivity index (χ3v) is 5.35. The summed E-state index contributed by atoms with van der Waals surface area (Å²) in [6, 6.07) is 18.3. The molecule has 0 spiro atoms. The van der Waals surface area contributed by atoms with Crippen molar-refractivity contribution in [1.29, 1.82) is 0 Å². The fraction of sp³-hybridized carbons (Fsp3) is 0.292. The normalized spacial score (nSPS) is 19.4. The Bertz CT molecular complexity index is 1020. The zero-order valence-electron chi connectivity index (χ0n) is 16.9. The van der Waals surface area contributed by atoms with E-state index >= 15 is 0 Å². The number of para-hydroxylation sites is 1. The van der Waals surface area contributed by atoms with Gasteiger partial charge in [-0.15, -0.1) is 0 Å². The summed E-state index contributed by atoms with van der Waals surface area (Å²) < 4.78 is 22.3. The van der Waals surface area contributed by atoms with Crippen molar-refractivity contribution >= 4 is 5.91 Å². The van der Waals surface area contributed by atoms with Crippen LogP contribution in [0.1, 0.15) is 29.9 Å². The van der Waals surface area contributed by atoms with Crippen LogP contribution in [0.25, 0.3) is 16.9 Å². The highest BCUT2D eigenvalue weighted by Gasteiger charge is 2.29. The molecule has 4 nitrogen and oxygen atoms in total. The molecule has 0 N–H and O–H groups in total. The van der Waals surface area contributed by atoms with Crippen molar-refractivity contribution in [2.45, 2.75) is 33.0 Å². The summed E-state index contributed by atoms with van der Waals surface area (Å²) in [5.74, 6) is -0.368. The van der Waals surface area contributed by atoms with Gasteiger partial charge in [-0.1, -0.05) is 42.5 Å². The highest BCUT2D eigenvalue weighted by molar-refractivity contribution is 5.97. The van der Waals surface area contributed by atoms with E-state index in [-0.39, 0.29) is 23.9 Å². The second-order valence-corrected chi connectivity index (χ2v) is 7.65. The van der Waals surface area contributed by atoms with Gasteiger partial charge in [0.05, 0.1) is 29.2 Å². The molecule has 0 aliphatic carbocycles. The van der Waals surface area contributed by atoms with Crippen LogP contribution in [0.2, 0.25) is 0 Å². The SMILES string of the molecule is Cc1c(C(=O)N2CC(C)OC(C)C2)cc(-c2ccccc2)n1-c1ccccc1F. The number of hydrogen-bond donors (Lipinski definition) is 0. The molecule has 0 radical (unpaired) electrons. The number of carbonyl (C=O) groups excluding carboxylic acids is 1. The van der Waals surface area contributed by atoms with Crippen LogP contribution in [0.3, 0.4) is 0 Å². The van der Waals surface area contributed by atoms with Gasteiger partial charge in [-0.3, -0.25) is 4.79 Å².